The molecule has 0 spiro atoms. The van der Waals surface area contributed by atoms with Crippen LogP contribution in [0.15, 0.2) is 12.2 Å². The molecule has 0 aromatic heterocycles. The molecule has 0 amide bonds. The number of fused-ring (bicyclic) bond motifs is 1. The van der Waals surface area contributed by atoms with E-state index in [1.54, 1.807) is 6.92 Å². The Labute approximate surface area is 102 Å². The summed E-state index contributed by atoms with van der Waals surface area (Å²) >= 11 is 0. The number of hydrogen-bond acceptors (Lipinski definition) is 4. The minimum atomic E-state index is -0.273. The van der Waals surface area contributed by atoms with Crippen molar-refractivity contribution in [3.63, 3.8) is 0 Å². The Bertz CT molecular complexity index is 300. The topological polar surface area (TPSA) is 44.8 Å². The van der Waals surface area contributed by atoms with Gasteiger partial charge in [0.1, 0.15) is 0 Å². The van der Waals surface area contributed by atoms with Gasteiger partial charge in [0.15, 0.2) is 6.29 Å². The van der Waals surface area contributed by atoms with E-state index in [0.717, 1.165) is 26.1 Å². The van der Waals surface area contributed by atoms with Crippen molar-refractivity contribution in [2.24, 2.45) is 11.8 Å². The van der Waals surface area contributed by atoms with Crippen LogP contribution in [0.3, 0.4) is 0 Å². The number of esters is 1. The highest BCUT2D eigenvalue weighted by Crippen LogP contribution is 2.38. The first-order valence-corrected chi connectivity index (χ1v) is 6.30. The lowest BCUT2D eigenvalue weighted by atomic mass is 9.88. The molecule has 96 valence electrons. The molecular formula is C13H20O4. The summed E-state index contributed by atoms with van der Waals surface area (Å²) in [6.45, 7) is 7.52. The van der Waals surface area contributed by atoms with Gasteiger partial charge in [0.25, 0.3) is 0 Å². The van der Waals surface area contributed by atoms with Crippen molar-refractivity contribution in [2.45, 2.75) is 32.5 Å². The standard InChI is InChI=1S/C13H20O4/c1-3-15-12(14)9(2)4-5-10-8-17-13-11(10)6-7-16-13/h10-11,13H,2-8H2,1H3/t10-,11-,13+/m1/s1. The minimum absolute atomic E-state index is 0.00383. The van der Waals surface area contributed by atoms with Crippen LogP contribution in [0.4, 0.5) is 0 Å². The van der Waals surface area contributed by atoms with Gasteiger partial charge in [-0.2, -0.15) is 0 Å². The van der Waals surface area contributed by atoms with Crippen LogP contribution in [0.2, 0.25) is 0 Å². The molecule has 0 radical (unpaired) electrons. The first-order valence-electron chi connectivity index (χ1n) is 6.30. The maximum atomic E-state index is 11.4. The summed E-state index contributed by atoms with van der Waals surface area (Å²) in [6, 6.07) is 0. The van der Waals surface area contributed by atoms with E-state index < -0.39 is 0 Å². The van der Waals surface area contributed by atoms with Gasteiger partial charge in [-0.15, -0.1) is 0 Å². The highest BCUT2D eigenvalue weighted by molar-refractivity contribution is 5.87. The second kappa shape index (κ2) is 5.65. The third-order valence-corrected chi connectivity index (χ3v) is 3.54. The van der Waals surface area contributed by atoms with Crippen molar-refractivity contribution in [3.8, 4) is 0 Å². The molecule has 4 nitrogen and oxygen atoms in total. The molecule has 2 fully saturated rings. The Morgan fingerprint density at radius 2 is 2.29 bits per heavy atom. The zero-order valence-electron chi connectivity index (χ0n) is 10.3. The van der Waals surface area contributed by atoms with Gasteiger partial charge in [-0.25, -0.2) is 4.79 Å². The SMILES string of the molecule is C=C(CC[C@@H]1CO[C@@H]2OCC[C@H]12)C(=O)OCC. The van der Waals surface area contributed by atoms with Crippen molar-refractivity contribution >= 4 is 5.97 Å². The van der Waals surface area contributed by atoms with E-state index in [1.165, 1.54) is 0 Å². The summed E-state index contributed by atoms with van der Waals surface area (Å²) in [5.74, 6) is 0.726. The average molecular weight is 240 g/mol. The normalized spacial score (nSPS) is 31.2. The van der Waals surface area contributed by atoms with Crippen molar-refractivity contribution in [1.29, 1.82) is 0 Å². The van der Waals surface area contributed by atoms with Crippen LogP contribution in [-0.2, 0) is 19.0 Å². The summed E-state index contributed by atoms with van der Waals surface area (Å²) in [7, 11) is 0. The van der Waals surface area contributed by atoms with Crippen LogP contribution in [0.25, 0.3) is 0 Å². The molecular weight excluding hydrogens is 220 g/mol. The van der Waals surface area contributed by atoms with Crippen LogP contribution >= 0.6 is 0 Å². The summed E-state index contributed by atoms with van der Waals surface area (Å²) in [6.07, 6.45) is 2.69. The predicted molar refractivity (Wildman–Crippen MR) is 62.3 cm³/mol. The Hall–Kier alpha value is -0.870. The monoisotopic (exact) mass is 240 g/mol. The maximum Gasteiger partial charge on any atom is 0.333 e. The van der Waals surface area contributed by atoms with Crippen LogP contribution in [-0.4, -0.2) is 32.1 Å². The third-order valence-electron chi connectivity index (χ3n) is 3.54. The number of carbonyl (C=O) groups is 1. The smallest absolute Gasteiger partial charge is 0.333 e. The summed E-state index contributed by atoms with van der Waals surface area (Å²) < 4.78 is 15.9. The summed E-state index contributed by atoms with van der Waals surface area (Å²) in [5.41, 5.74) is 0.564. The summed E-state index contributed by atoms with van der Waals surface area (Å²) in [4.78, 5) is 11.4. The van der Waals surface area contributed by atoms with Gasteiger partial charge in [-0.1, -0.05) is 6.58 Å². The first-order chi connectivity index (χ1) is 8.22. The maximum absolute atomic E-state index is 11.4. The van der Waals surface area contributed by atoms with Crippen molar-refractivity contribution in [3.05, 3.63) is 12.2 Å². The largest absolute Gasteiger partial charge is 0.463 e. The fourth-order valence-corrected chi connectivity index (χ4v) is 2.54. The second-order valence-corrected chi connectivity index (χ2v) is 4.65. The van der Waals surface area contributed by atoms with Gasteiger partial charge in [-0.3, -0.25) is 0 Å². The van der Waals surface area contributed by atoms with E-state index in [0.29, 0.717) is 30.4 Å². The van der Waals surface area contributed by atoms with Gasteiger partial charge in [0, 0.05) is 11.5 Å². The Balaban J connectivity index is 1.75. The molecule has 0 saturated carbocycles. The van der Waals surface area contributed by atoms with E-state index in [-0.39, 0.29) is 12.3 Å². The Morgan fingerprint density at radius 3 is 3.06 bits per heavy atom. The molecule has 0 aliphatic carbocycles. The van der Waals surface area contributed by atoms with Crippen molar-refractivity contribution in [1.82, 2.24) is 0 Å². The molecule has 2 saturated heterocycles. The molecule has 0 unspecified atom stereocenters. The van der Waals surface area contributed by atoms with Crippen molar-refractivity contribution in [2.75, 3.05) is 19.8 Å². The molecule has 4 heteroatoms. The van der Waals surface area contributed by atoms with Crippen LogP contribution in [0, 0.1) is 11.8 Å². The average Bonchev–Trinajstić information content (AvgIpc) is 2.89. The quantitative estimate of drug-likeness (QED) is 0.544. The van der Waals surface area contributed by atoms with Crippen LogP contribution in [0.1, 0.15) is 26.2 Å². The number of ether oxygens (including phenoxy) is 3. The van der Waals surface area contributed by atoms with E-state index in [4.69, 9.17) is 14.2 Å². The van der Waals surface area contributed by atoms with E-state index in [1.807, 2.05) is 0 Å². The van der Waals surface area contributed by atoms with Gasteiger partial charge in [0.05, 0.1) is 19.8 Å². The first kappa shape index (κ1) is 12.6. The molecule has 3 atom stereocenters. The van der Waals surface area contributed by atoms with E-state index in [9.17, 15) is 4.79 Å². The third kappa shape index (κ3) is 2.87. The van der Waals surface area contributed by atoms with E-state index in [2.05, 4.69) is 6.58 Å². The number of rotatable bonds is 5. The molecule has 0 aromatic carbocycles. The van der Waals surface area contributed by atoms with Gasteiger partial charge in [-0.05, 0) is 32.1 Å². The number of hydrogen-bond donors (Lipinski definition) is 0. The predicted octanol–water partition coefficient (Wildman–Crippen LogP) is 1.89. The fraction of sp³-hybridized carbons (Fsp3) is 0.769. The molecule has 0 aromatic rings. The van der Waals surface area contributed by atoms with Gasteiger partial charge in [0.2, 0.25) is 0 Å². The lowest BCUT2D eigenvalue weighted by molar-refractivity contribution is -0.138. The molecule has 0 bridgehead atoms. The zero-order chi connectivity index (χ0) is 12.3. The Kier molecular flexibility index (Phi) is 4.18. The molecule has 2 aliphatic heterocycles. The summed E-state index contributed by atoms with van der Waals surface area (Å²) in [5, 5.41) is 0. The lowest BCUT2D eigenvalue weighted by Crippen LogP contribution is -2.16. The highest BCUT2D eigenvalue weighted by Gasteiger charge is 2.41. The minimum Gasteiger partial charge on any atom is -0.463 e. The molecule has 2 rings (SSSR count). The van der Waals surface area contributed by atoms with Crippen molar-refractivity contribution < 1.29 is 19.0 Å². The Morgan fingerprint density at radius 1 is 1.47 bits per heavy atom. The van der Waals surface area contributed by atoms with Gasteiger partial charge >= 0.3 is 5.97 Å². The molecule has 17 heavy (non-hydrogen) atoms. The second-order valence-electron chi connectivity index (χ2n) is 4.65. The molecule has 2 aliphatic rings. The fourth-order valence-electron chi connectivity index (χ4n) is 2.54. The van der Waals surface area contributed by atoms with E-state index >= 15 is 0 Å². The highest BCUT2D eigenvalue weighted by atomic mass is 16.7. The van der Waals surface area contributed by atoms with Crippen LogP contribution in [0.5, 0.6) is 0 Å². The van der Waals surface area contributed by atoms with Gasteiger partial charge < -0.3 is 14.2 Å². The zero-order valence-corrected chi connectivity index (χ0v) is 10.3. The molecule has 0 N–H and O–H groups in total. The number of carbonyl (C=O) groups excluding carboxylic acids is 1. The lowest BCUT2D eigenvalue weighted by Gasteiger charge is -2.14. The molecule has 2 heterocycles. The van der Waals surface area contributed by atoms with Crippen LogP contribution < -0.4 is 0 Å².